The predicted octanol–water partition coefficient (Wildman–Crippen LogP) is 3.24. The summed E-state index contributed by atoms with van der Waals surface area (Å²) in [5.41, 5.74) is 0.747. The van der Waals surface area contributed by atoms with E-state index in [4.69, 9.17) is 4.74 Å². The monoisotopic (exact) mass is 196 g/mol. The standard InChI is InChI=1S/C12H20O2/c1-6-12(5,14-11(4)13)9-7-8-10(2)3/h6,8H,1,7,9H2,2-5H3/t12-/m1/s1. The van der Waals surface area contributed by atoms with Crippen LogP contribution in [0.1, 0.15) is 40.5 Å². The molecule has 0 aliphatic carbocycles. The van der Waals surface area contributed by atoms with Crippen LogP contribution < -0.4 is 0 Å². The molecule has 80 valence electrons. The van der Waals surface area contributed by atoms with Gasteiger partial charge in [0.25, 0.3) is 0 Å². The largest absolute Gasteiger partial charge is 0.455 e. The fourth-order valence-corrected chi connectivity index (χ4v) is 1.17. The lowest BCUT2D eigenvalue weighted by Gasteiger charge is -2.24. The van der Waals surface area contributed by atoms with E-state index in [1.165, 1.54) is 12.5 Å². The SMILES string of the molecule is C=C[C@](C)(CCC=C(C)C)OC(C)=O. The highest BCUT2D eigenvalue weighted by Crippen LogP contribution is 2.19. The highest BCUT2D eigenvalue weighted by molar-refractivity contribution is 5.66. The zero-order valence-corrected chi connectivity index (χ0v) is 9.59. The van der Waals surface area contributed by atoms with Crippen molar-refractivity contribution in [2.45, 2.75) is 46.1 Å². The molecule has 0 unspecified atom stereocenters. The average molecular weight is 196 g/mol. The third kappa shape index (κ3) is 5.57. The maximum Gasteiger partial charge on any atom is 0.303 e. The molecule has 0 heterocycles. The summed E-state index contributed by atoms with van der Waals surface area (Å²) in [6, 6.07) is 0. The van der Waals surface area contributed by atoms with Crippen LogP contribution in [-0.2, 0) is 9.53 Å². The van der Waals surface area contributed by atoms with Gasteiger partial charge in [-0.1, -0.05) is 18.2 Å². The van der Waals surface area contributed by atoms with Gasteiger partial charge in [0.1, 0.15) is 5.60 Å². The Morgan fingerprint density at radius 1 is 1.43 bits per heavy atom. The molecule has 0 N–H and O–H groups in total. The zero-order valence-electron chi connectivity index (χ0n) is 9.59. The molecule has 0 aromatic carbocycles. The zero-order chi connectivity index (χ0) is 11.2. The van der Waals surface area contributed by atoms with E-state index in [2.05, 4.69) is 26.5 Å². The maximum atomic E-state index is 10.8. The van der Waals surface area contributed by atoms with Gasteiger partial charge in [0.15, 0.2) is 0 Å². The molecule has 0 saturated carbocycles. The van der Waals surface area contributed by atoms with E-state index in [1.54, 1.807) is 6.08 Å². The van der Waals surface area contributed by atoms with E-state index in [-0.39, 0.29) is 5.97 Å². The molecule has 0 amide bonds. The highest BCUT2D eigenvalue weighted by atomic mass is 16.6. The third-order valence-electron chi connectivity index (χ3n) is 2.00. The summed E-state index contributed by atoms with van der Waals surface area (Å²) >= 11 is 0. The Bertz CT molecular complexity index is 237. The summed E-state index contributed by atoms with van der Waals surface area (Å²) in [6.07, 6.45) is 5.50. The van der Waals surface area contributed by atoms with Gasteiger partial charge in [-0.15, -0.1) is 0 Å². The number of rotatable bonds is 5. The molecule has 0 aliphatic rings. The molecule has 14 heavy (non-hydrogen) atoms. The van der Waals surface area contributed by atoms with Crippen molar-refractivity contribution >= 4 is 5.97 Å². The van der Waals surface area contributed by atoms with Gasteiger partial charge in [-0.05, 0) is 39.7 Å². The number of hydrogen-bond acceptors (Lipinski definition) is 2. The van der Waals surface area contributed by atoms with E-state index in [1.807, 2.05) is 6.92 Å². The molecule has 0 bridgehead atoms. The Labute approximate surface area is 86.6 Å². The van der Waals surface area contributed by atoms with Crippen molar-refractivity contribution < 1.29 is 9.53 Å². The van der Waals surface area contributed by atoms with Crippen LogP contribution in [0.3, 0.4) is 0 Å². The summed E-state index contributed by atoms with van der Waals surface area (Å²) in [5.74, 6) is -0.260. The molecule has 0 spiro atoms. The van der Waals surface area contributed by atoms with Crippen LogP contribution in [0.25, 0.3) is 0 Å². The third-order valence-corrected chi connectivity index (χ3v) is 2.00. The molecule has 0 aliphatic heterocycles. The quantitative estimate of drug-likeness (QED) is 0.498. The minimum absolute atomic E-state index is 0.260. The Morgan fingerprint density at radius 2 is 2.00 bits per heavy atom. The maximum absolute atomic E-state index is 10.8. The first-order valence-electron chi connectivity index (χ1n) is 4.86. The molecule has 2 nitrogen and oxygen atoms in total. The van der Waals surface area contributed by atoms with Crippen molar-refractivity contribution in [1.82, 2.24) is 0 Å². The molecule has 0 radical (unpaired) electrons. The normalized spacial score (nSPS) is 14.0. The minimum Gasteiger partial charge on any atom is -0.455 e. The van der Waals surface area contributed by atoms with Gasteiger partial charge in [-0.25, -0.2) is 0 Å². The van der Waals surface area contributed by atoms with E-state index >= 15 is 0 Å². The number of allylic oxidation sites excluding steroid dienone is 2. The topological polar surface area (TPSA) is 26.3 Å². The van der Waals surface area contributed by atoms with Gasteiger partial charge in [-0.2, -0.15) is 0 Å². The van der Waals surface area contributed by atoms with Crippen molar-refractivity contribution in [3.05, 3.63) is 24.3 Å². The van der Waals surface area contributed by atoms with Gasteiger partial charge in [0.2, 0.25) is 0 Å². The number of ether oxygens (including phenoxy) is 1. The highest BCUT2D eigenvalue weighted by Gasteiger charge is 2.22. The molecule has 0 aromatic rings. The molecular formula is C12H20O2. The van der Waals surface area contributed by atoms with Crippen LogP contribution in [0.5, 0.6) is 0 Å². The average Bonchev–Trinajstić information content (AvgIpc) is 2.02. The molecule has 0 rings (SSSR count). The predicted molar refractivity (Wildman–Crippen MR) is 59.0 cm³/mol. The molecule has 2 heteroatoms. The van der Waals surface area contributed by atoms with Gasteiger partial charge in [0, 0.05) is 6.92 Å². The number of esters is 1. The molecule has 1 atom stereocenters. The molecular weight excluding hydrogens is 176 g/mol. The molecule has 0 saturated heterocycles. The Balaban J connectivity index is 4.19. The molecule has 0 fully saturated rings. The minimum atomic E-state index is -0.530. The lowest BCUT2D eigenvalue weighted by Crippen LogP contribution is -2.27. The van der Waals surface area contributed by atoms with Gasteiger partial charge < -0.3 is 4.74 Å². The summed E-state index contributed by atoms with van der Waals surface area (Å²) in [7, 11) is 0. The van der Waals surface area contributed by atoms with Crippen molar-refractivity contribution in [3.8, 4) is 0 Å². The Morgan fingerprint density at radius 3 is 2.36 bits per heavy atom. The second kappa shape index (κ2) is 5.63. The van der Waals surface area contributed by atoms with Crippen LogP contribution in [0, 0.1) is 0 Å². The van der Waals surface area contributed by atoms with Crippen molar-refractivity contribution in [2.24, 2.45) is 0 Å². The first-order valence-corrected chi connectivity index (χ1v) is 4.86. The van der Waals surface area contributed by atoms with E-state index in [9.17, 15) is 4.79 Å². The van der Waals surface area contributed by atoms with Crippen LogP contribution in [0.15, 0.2) is 24.3 Å². The summed E-state index contributed by atoms with van der Waals surface area (Å²) in [6.45, 7) is 11.1. The smallest absolute Gasteiger partial charge is 0.303 e. The second-order valence-corrected chi connectivity index (χ2v) is 3.93. The van der Waals surface area contributed by atoms with E-state index < -0.39 is 5.60 Å². The van der Waals surface area contributed by atoms with Crippen LogP contribution in [-0.4, -0.2) is 11.6 Å². The molecule has 0 aromatic heterocycles. The van der Waals surface area contributed by atoms with Crippen molar-refractivity contribution in [2.75, 3.05) is 0 Å². The fourth-order valence-electron chi connectivity index (χ4n) is 1.17. The number of hydrogen-bond donors (Lipinski definition) is 0. The van der Waals surface area contributed by atoms with E-state index in [0.29, 0.717) is 0 Å². The second-order valence-electron chi connectivity index (χ2n) is 3.93. The fraction of sp³-hybridized carbons (Fsp3) is 0.583. The summed E-state index contributed by atoms with van der Waals surface area (Å²) < 4.78 is 5.18. The number of carbonyl (C=O) groups is 1. The Hall–Kier alpha value is -1.05. The van der Waals surface area contributed by atoms with Gasteiger partial charge >= 0.3 is 5.97 Å². The van der Waals surface area contributed by atoms with Crippen LogP contribution in [0.4, 0.5) is 0 Å². The Kier molecular flexibility index (Phi) is 5.21. The lowest BCUT2D eigenvalue weighted by atomic mass is 9.99. The first kappa shape index (κ1) is 12.9. The van der Waals surface area contributed by atoms with Gasteiger partial charge in [0.05, 0.1) is 0 Å². The lowest BCUT2D eigenvalue weighted by molar-refractivity contribution is -0.151. The van der Waals surface area contributed by atoms with Crippen molar-refractivity contribution in [1.29, 1.82) is 0 Å². The number of carbonyl (C=O) groups excluding carboxylic acids is 1. The van der Waals surface area contributed by atoms with Gasteiger partial charge in [-0.3, -0.25) is 4.79 Å². The van der Waals surface area contributed by atoms with Crippen LogP contribution in [0.2, 0.25) is 0 Å². The van der Waals surface area contributed by atoms with E-state index in [0.717, 1.165) is 12.8 Å². The van der Waals surface area contributed by atoms with Crippen LogP contribution >= 0.6 is 0 Å². The summed E-state index contributed by atoms with van der Waals surface area (Å²) in [4.78, 5) is 10.8. The van der Waals surface area contributed by atoms with Crippen molar-refractivity contribution in [3.63, 3.8) is 0 Å². The summed E-state index contributed by atoms with van der Waals surface area (Å²) in [5, 5.41) is 0. The first-order chi connectivity index (χ1) is 6.39.